The Kier molecular flexibility index (Phi) is 5.41. The van der Waals surface area contributed by atoms with Gasteiger partial charge in [0.1, 0.15) is 5.69 Å². The Morgan fingerprint density at radius 2 is 1.72 bits per heavy atom. The van der Waals surface area contributed by atoms with Crippen molar-refractivity contribution in [2.75, 3.05) is 20.6 Å². The maximum Gasteiger partial charge on any atom is 0.269 e. The van der Waals surface area contributed by atoms with Crippen molar-refractivity contribution in [2.45, 2.75) is 12.5 Å². The molecule has 0 aliphatic heterocycles. The number of para-hydroxylation sites is 1. The molecular weight excluding hydrogens is 310 g/mol. The second-order valence-electron chi connectivity index (χ2n) is 6.41. The third-order valence-corrected chi connectivity index (χ3v) is 4.37. The van der Waals surface area contributed by atoms with Crippen molar-refractivity contribution in [3.05, 3.63) is 78.0 Å². The number of nitrogens with one attached hydrogen (secondary N) is 1. The molecule has 0 fully saturated rings. The van der Waals surface area contributed by atoms with E-state index in [1.165, 1.54) is 5.56 Å². The molecule has 1 aromatic heterocycles. The lowest BCUT2D eigenvalue weighted by Crippen LogP contribution is -2.41. The van der Waals surface area contributed by atoms with Crippen LogP contribution in [-0.4, -0.2) is 42.5 Å². The van der Waals surface area contributed by atoms with Crippen LogP contribution in [0.4, 0.5) is 0 Å². The lowest BCUT2D eigenvalue weighted by molar-refractivity contribution is 0.0937. The molecule has 0 saturated heterocycles. The van der Waals surface area contributed by atoms with Crippen LogP contribution in [0.1, 0.15) is 16.1 Å². The Morgan fingerprint density at radius 1 is 1.00 bits per heavy atom. The van der Waals surface area contributed by atoms with Crippen molar-refractivity contribution in [3.8, 4) is 0 Å². The minimum absolute atomic E-state index is 0.134. The zero-order valence-corrected chi connectivity index (χ0v) is 14.6. The fraction of sp³-hybridized carbons (Fsp3) is 0.238. The summed E-state index contributed by atoms with van der Waals surface area (Å²) < 4.78 is 0. The van der Waals surface area contributed by atoms with Crippen LogP contribution in [-0.2, 0) is 6.42 Å². The van der Waals surface area contributed by atoms with Crippen LogP contribution in [0.3, 0.4) is 0 Å². The van der Waals surface area contributed by atoms with Crippen LogP contribution >= 0.6 is 0 Å². The van der Waals surface area contributed by atoms with Crippen molar-refractivity contribution in [2.24, 2.45) is 0 Å². The average molecular weight is 333 g/mol. The van der Waals surface area contributed by atoms with Gasteiger partial charge in [-0.05, 0) is 38.2 Å². The molecule has 1 atom stereocenters. The summed E-state index contributed by atoms with van der Waals surface area (Å²) in [6.07, 6.45) is 0.888. The highest BCUT2D eigenvalue weighted by Crippen LogP contribution is 2.12. The number of hydrogen-bond acceptors (Lipinski definition) is 3. The lowest BCUT2D eigenvalue weighted by Gasteiger charge is -2.24. The number of carbonyl (C=O) groups is 1. The fourth-order valence-corrected chi connectivity index (χ4v) is 2.82. The molecule has 1 unspecified atom stereocenters. The van der Waals surface area contributed by atoms with Gasteiger partial charge in [-0.3, -0.25) is 4.79 Å². The smallest absolute Gasteiger partial charge is 0.269 e. The first-order chi connectivity index (χ1) is 12.1. The number of nitrogens with zero attached hydrogens (tertiary/aromatic N) is 2. The summed E-state index contributed by atoms with van der Waals surface area (Å²) in [5, 5.41) is 4.06. The molecule has 3 aromatic rings. The summed E-state index contributed by atoms with van der Waals surface area (Å²) >= 11 is 0. The summed E-state index contributed by atoms with van der Waals surface area (Å²) in [4.78, 5) is 19.1. The van der Waals surface area contributed by atoms with E-state index in [1.54, 1.807) is 6.07 Å². The second kappa shape index (κ2) is 7.90. The van der Waals surface area contributed by atoms with Crippen molar-refractivity contribution in [1.82, 2.24) is 15.2 Å². The molecular formula is C21H23N3O. The number of carbonyl (C=O) groups excluding carboxylic acids is 1. The third-order valence-electron chi connectivity index (χ3n) is 4.37. The van der Waals surface area contributed by atoms with Gasteiger partial charge in [0.2, 0.25) is 0 Å². The first-order valence-corrected chi connectivity index (χ1v) is 8.48. The van der Waals surface area contributed by atoms with Crippen LogP contribution in [0.25, 0.3) is 10.9 Å². The summed E-state index contributed by atoms with van der Waals surface area (Å²) in [7, 11) is 4.07. The Hall–Kier alpha value is -2.72. The molecule has 0 aliphatic rings. The number of fused-ring (bicyclic) bond motifs is 1. The van der Waals surface area contributed by atoms with E-state index in [0.717, 1.165) is 17.3 Å². The van der Waals surface area contributed by atoms with Gasteiger partial charge in [-0.1, -0.05) is 54.6 Å². The van der Waals surface area contributed by atoms with E-state index in [4.69, 9.17) is 0 Å². The highest BCUT2D eigenvalue weighted by atomic mass is 16.1. The molecule has 1 heterocycles. The highest BCUT2D eigenvalue weighted by molar-refractivity contribution is 5.94. The van der Waals surface area contributed by atoms with Gasteiger partial charge in [-0.2, -0.15) is 0 Å². The number of hydrogen-bond donors (Lipinski definition) is 1. The van der Waals surface area contributed by atoms with Gasteiger partial charge in [-0.25, -0.2) is 4.98 Å². The maximum absolute atomic E-state index is 12.5. The van der Waals surface area contributed by atoms with E-state index in [9.17, 15) is 4.79 Å². The van der Waals surface area contributed by atoms with Gasteiger partial charge in [0.15, 0.2) is 0 Å². The number of likely N-dealkylation sites (N-methyl/N-ethyl adjacent to an activating group) is 1. The van der Waals surface area contributed by atoms with E-state index in [0.29, 0.717) is 12.2 Å². The zero-order valence-electron chi connectivity index (χ0n) is 14.6. The summed E-state index contributed by atoms with van der Waals surface area (Å²) in [5.74, 6) is -0.134. The first kappa shape index (κ1) is 17.1. The molecule has 1 amide bonds. The highest BCUT2D eigenvalue weighted by Gasteiger charge is 2.15. The van der Waals surface area contributed by atoms with Crippen molar-refractivity contribution in [3.63, 3.8) is 0 Å². The predicted octanol–water partition coefficient (Wildman–Crippen LogP) is 3.14. The molecule has 1 N–H and O–H groups in total. The molecule has 0 radical (unpaired) electrons. The molecule has 4 nitrogen and oxygen atoms in total. The summed E-state index contributed by atoms with van der Waals surface area (Å²) in [6.45, 7) is 0.579. The Bertz CT molecular complexity index is 846. The van der Waals surface area contributed by atoms with E-state index in [2.05, 4.69) is 27.3 Å². The number of pyridine rings is 1. The topological polar surface area (TPSA) is 45.2 Å². The quantitative estimate of drug-likeness (QED) is 0.754. The van der Waals surface area contributed by atoms with Crippen LogP contribution < -0.4 is 5.32 Å². The third kappa shape index (κ3) is 4.43. The van der Waals surface area contributed by atoms with Crippen molar-refractivity contribution >= 4 is 16.8 Å². The van der Waals surface area contributed by atoms with Crippen molar-refractivity contribution < 1.29 is 4.79 Å². The van der Waals surface area contributed by atoms with Gasteiger partial charge >= 0.3 is 0 Å². The van der Waals surface area contributed by atoms with Gasteiger partial charge in [0.25, 0.3) is 5.91 Å². The van der Waals surface area contributed by atoms with Crippen LogP contribution in [0.2, 0.25) is 0 Å². The molecule has 128 valence electrons. The normalized spacial score (nSPS) is 12.3. The van der Waals surface area contributed by atoms with E-state index in [1.807, 2.05) is 62.6 Å². The molecule has 0 spiro atoms. The van der Waals surface area contributed by atoms with Gasteiger partial charge < -0.3 is 10.2 Å². The molecule has 25 heavy (non-hydrogen) atoms. The second-order valence-corrected chi connectivity index (χ2v) is 6.41. The fourth-order valence-electron chi connectivity index (χ4n) is 2.82. The van der Waals surface area contributed by atoms with Crippen LogP contribution in [0.5, 0.6) is 0 Å². The molecule has 0 bridgehead atoms. The minimum Gasteiger partial charge on any atom is -0.349 e. The van der Waals surface area contributed by atoms with Gasteiger partial charge in [0.05, 0.1) is 5.52 Å². The molecule has 0 aliphatic carbocycles. The summed E-state index contributed by atoms with van der Waals surface area (Å²) in [5.41, 5.74) is 2.55. The van der Waals surface area contributed by atoms with Crippen LogP contribution in [0, 0.1) is 0 Å². The molecule has 4 heteroatoms. The molecule has 0 saturated carbocycles. The average Bonchev–Trinajstić information content (AvgIpc) is 2.65. The zero-order chi connectivity index (χ0) is 17.6. The standard InChI is InChI=1S/C21H23N3O/c1-24(2)18(14-16-8-4-3-5-9-16)15-22-21(25)20-13-12-17-10-6-7-11-19(17)23-20/h3-13,18H,14-15H2,1-2H3,(H,22,25). The Labute approximate surface area is 148 Å². The summed E-state index contributed by atoms with van der Waals surface area (Å²) in [6, 6.07) is 22.1. The molecule has 3 rings (SSSR count). The van der Waals surface area contributed by atoms with Gasteiger partial charge in [0, 0.05) is 18.0 Å². The Balaban J connectivity index is 1.66. The van der Waals surface area contributed by atoms with E-state index in [-0.39, 0.29) is 11.9 Å². The van der Waals surface area contributed by atoms with E-state index >= 15 is 0 Å². The number of aromatic nitrogens is 1. The molecule has 2 aromatic carbocycles. The van der Waals surface area contributed by atoms with E-state index < -0.39 is 0 Å². The van der Waals surface area contributed by atoms with Crippen LogP contribution in [0.15, 0.2) is 66.7 Å². The SMILES string of the molecule is CN(C)C(CNC(=O)c1ccc2ccccc2n1)Cc1ccccc1. The number of benzene rings is 2. The lowest BCUT2D eigenvalue weighted by atomic mass is 10.1. The maximum atomic E-state index is 12.5. The number of rotatable bonds is 6. The first-order valence-electron chi connectivity index (χ1n) is 8.48. The number of amides is 1. The predicted molar refractivity (Wildman–Crippen MR) is 102 cm³/mol. The Morgan fingerprint density at radius 3 is 2.48 bits per heavy atom. The minimum atomic E-state index is -0.134. The van der Waals surface area contributed by atoms with Gasteiger partial charge in [-0.15, -0.1) is 0 Å². The van der Waals surface area contributed by atoms with Crippen molar-refractivity contribution in [1.29, 1.82) is 0 Å². The largest absolute Gasteiger partial charge is 0.349 e. The monoisotopic (exact) mass is 333 g/mol.